The first-order valence-electron chi connectivity index (χ1n) is 5.04. The van der Waals surface area contributed by atoms with Gasteiger partial charge in [-0.1, -0.05) is 13.3 Å². The maximum absolute atomic E-state index is 13.0. The van der Waals surface area contributed by atoms with Gasteiger partial charge >= 0.3 is 20.2 Å². The highest BCUT2D eigenvalue weighted by Crippen LogP contribution is 2.41. The Hall–Kier alpha value is -0.240. The highest BCUT2D eigenvalue weighted by molar-refractivity contribution is 7.46. The maximum atomic E-state index is 13.0. The number of hydrogen-bond donors (Lipinski definition) is 2. The fourth-order valence-electron chi connectivity index (χ4n) is 1.25. The fraction of sp³-hybridized carbons (Fsp3) is 1.00. The molecule has 0 aromatic carbocycles. The van der Waals surface area contributed by atoms with Crippen molar-refractivity contribution < 1.29 is 40.8 Å². The van der Waals surface area contributed by atoms with Crippen LogP contribution in [0.5, 0.6) is 0 Å². The van der Waals surface area contributed by atoms with Crippen molar-refractivity contribution in [2.24, 2.45) is 0 Å². The summed E-state index contributed by atoms with van der Waals surface area (Å²) in [4.78, 5) is 16.9. The van der Waals surface area contributed by atoms with Gasteiger partial charge < -0.3 is 9.79 Å². The third-order valence-electron chi connectivity index (χ3n) is 2.08. The van der Waals surface area contributed by atoms with E-state index in [0.717, 1.165) is 0 Å². The van der Waals surface area contributed by atoms with Crippen LogP contribution in [0.1, 0.15) is 26.2 Å². The van der Waals surface area contributed by atoms with Crippen molar-refractivity contribution in [3.05, 3.63) is 0 Å². The highest BCUT2D eigenvalue weighted by Gasteiger charge is 2.50. The molecule has 0 heterocycles. The first-order valence-corrected chi connectivity index (χ1v) is 6.57. The number of hydrogen-bond acceptors (Lipinski definition) is 2. The van der Waals surface area contributed by atoms with E-state index in [2.05, 4.69) is 4.52 Å². The summed E-state index contributed by atoms with van der Waals surface area (Å²) in [6.45, 7) is 1.54. The van der Waals surface area contributed by atoms with Gasteiger partial charge in [0.25, 0.3) is 0 Å². The second kappa shape index (κ2) is 6.79. The minimum absolute atomic E-state index is 0.134. The topological polar surface area (TPSA) is 66.8 Å². The van der Waals surface area contributed by atoms with Gasteiger partial charge in [0.2, 0.25) is 0 Å². The molecule has 0 saturated heterocycles. The summed E-state index contributed by atoms with van der Waals surface area (Å²) in [5.41, 5.74) is 0. The molecule has 2 unspecified atom stereocenters. The van der Waals surface area contributed by atoms with Crippen LogP contribution in [0.25, 0.3) is 0 Å². The van der Waals surface area contributed by atoms with E-state index in [4.69, 9.17) is 9.79 Å². The van der Waals surface area contributed by atoms with Gasteiger partial charge in [-0.2, -0.15) is 8.78 Å². The van der Waals surface area contributed by atoms with Crippen molar-refractivity contribution in [2.45, 2.75) is 50.8 Å². The van der Waals surface area contributed by atoms with E-state index in [-0.39, 0.29) is 12.8 Å². The molecule has 0 saturated carbocycles. The number of rotatable bonds is 8. The Kier molecular flexibility index (Phi) is 6.70. The third kappa shape index (κ3) is 6.08. The molecular formula is C8H14F5O4P. The fourth-order valence-corrected chi connectivity index (χ4v) is 1.83. The van der Waals surface area contributed by atoms with Crippen molar-refractivity contribution in [3.63, 3.8) is 0 Å². The van der Waals surface area contributed by atoms with Gasteiger partial charge in [0.1, 0.15) is 0 Å². The van der Waals surface area contributed by atoms with Crippen molar-refractivity contribution in [1.82, 2.24) is 0 Å². The van der Waals surface area contributed by atoms with Gasteiger partial charge in [-0.3, -0.25) is 4.52 Å². The van der Waals surface area contributed by atoms with Gasteiger partial charge in [0, 0.05) is 6.42 Å². The van der Waals surface area contributed by atoms with Crippen LogP contribution >= 0.6 is 7.82 Å². The van der Waals surface area contributed by atoms with E-state index in [9.17, 15) is 26.5 Å². The summed E-state index contributed by atoms with van der Waals surface area (Å²) in [7, 11) is -4.98. The van der Waals surface area contributed by atoms with Crippen molar-refractivity contribution >= 4 is 7.82 Å². The number of alkyl halides is 5. The quantitative estimate of drug-likeness (QED) is 0.534. The normalized spacial score (nSPS) is 16.9. The third-order valence-corrected chi connectivity index (χ3v) is 2.65. The molecule has 2 atom stereocenters. The predicted octanol–water partition coefficient (Wildman–Crippen LogP) is 2.89. The molecule has 4 nitrogen and oxygen atoms in total. The zero-order valence-corrected chi connectivity index (χ0v) is 10.3. The molecular weight excluding hydrogens is 286 g/mol. The smallest absolute Gasteiger partial charge is 0.303 e. The molecule has 0 spiro atoms. The SMILES string of the molecule is CCCC(CC(F)C(F)(F)C(F)F)OP(=O)(O)O. The second-order valence-corrected chi connectivity index (χ2v) is 4.88. The highest BCUT2D eigenvalue weighted by atomic mass is 31.2. The Balaban J connectivity index is 4.63. The van der Waals surface area contributed by atoms with Gasteiger partial charge in [0.15, 0.2) is 6.17 Å². The Bertz CT molecular complexity index is 295. The molecule has 18 heavy (non-hydrogen) atoms. The number of phosphoric acid groups is 1. The Morgan fingerprint density at radius 2 is 1.78 bits per heavy atom. The average molecular weight is 300 g/mol. The van der Waals surface area contributed by atoms with Gasteiger partial charge in [-0.25, -0.2) is 17.7 Å². The standard InChI is InChI=1S/C8H14F5O4P/c1-2-3-5(17-18(14,15)16)4-6(9)8(12,13)7(10)11/h5-7H,2-4H2,1H3,(H2,14,15,16). The van der Waals surface area contributed by atoms with Crippen molar-refractivity contribution in [2.75, 3.05) is 0 Å². The second-order valence-electron chi connectivity index (χ2n) is 3.69. The van der Waals surface area contributed by atoms with Gasteiger partial charge in [0.05, 0.1) is 6.10 Å². The molecule has 0 amide bonds. The van der Waals surface area contributed by atoms with E-state index in [1.54, 1.807) is 0 Å². The predicted molar refractivity (Wildman–Crippen MR) is 52.3 cm³/mol. The minimum Gasteiger partial charge on any atom is -0.303 e. The first-order chi connectivity index (χ1) is 8.00. The lowest BCUT2D eigenvalue weighted by Gasteiger charge is -2.24. The molecule has 10 heteroatoms. The van der Waals surface area contributed by atoms with Gasteiger partial charge in [-0.05, 0) is 6.42 Å². The van der Waals surface area contributed by atoms with Crippen LogP contribution < -0.4 is 0 Å². The van der Waals surface area contributed by atoms with E-state index >= 15 is 0 Å². The number of phosphoric ester groups is 1. The molecule has 2 N–H and O–H groups in total. The summed E-state index contributed by atoms with van der Waals surface area (Å²) in [6, 6.07) is 0. The van der Waals surface area contributed by atoms with E-state index in [1.807, 2.05) is 0 Å². The van der Waals surface area contributed by atoms with Crippen LogP contribution in [0.15, 0.2) is 0 Å². The molecule has 0 aromatic heterocycles. The number of halogens is 5. The van der Waals surface area contributed by atoms with E-state index in [1.165, 1.54) is 6.92 Å². The Labute approximate surface area is 100 Å². The zero-order chi connectivity index (χ0) is 14.6. The molecule has 0 aromatic rings. The molecule has 0 radical (unpaired) electrons. The average Bonchev–Trinajstić information content (AvgIpc) is 2.14. The minimum atomic E-state index is -4.98. The maximum Gasteiger partial charge on any atom is 0.469 e. The molecule has 0 aliphatic carbocycles. The molecule has 0 rings (SSSR count). The molecule has 0 fully saturated rings. The van der Waals surface area contributed by atoms with Crippen LogP contribution in [-0.2, 0) is 9.09 Å². The summed E-state index contributed by atoms with van der Waals surface area (Å²) in [5, 5.41) is 0. The van der Waals surface area contributed by atoms with Crippen LogP contribution in [0.4, 0.5) is 22.0 Å². The summed E-state index contributed by atoms with van der Waals surface area (Å²) >= 11 is 0. The largest absolute Gasteiger partial charge is 0.469 e. The molecule has 0 bridgehead atoms. The van der Waals surface area contributed by atoms with Crippen LogP contribution in [0.3, 0.4) is 0 Å². The lowest BCUT2D eigenvalue weighted by Crippen LogP contribution is -2.39. The summed E-state index contributed by atoms with van der Waals surface area (Å²) in [5.74, 6) is -4.87. The molecule has 0 aliphatic rings. The van der Waals surface area contributed by atoms with Crippen LogP contribution in [-0.4, -0.2) is 34.4 Å². The first kappa shape index (κ1) is 17.8. The molecule has 0 aliphatic heterocycles. The zero-order valence-electron chi connectivity index (χ0n) is 9.40. The monoisotopic (exact) mass is 300 g/mol. The van der Waals surface area contributed by atoms with Crippen LogP contribution in [0, 0.1) is 0 Å². The Morgan fingerprint density at radius 1 is 1.28 bits per heavy atom. The lowest BCUT2D eigenvalue weighted by molar-refractivity contribution is -0.176. The van der Waals surface area contributed by atoms with Gasteiger partial charge in [-0.15, -0.1) is 0 Å². The van der Waals surface area contributed by atoms with Crippen molar-refractivity contribution in [1.29, 1.82) is 0 Å². The lowest BCUT2D eigenvalue weighted by atomic mass is 10.0. The van der Waals surface area contributed by atoms with E-state index < -0.39 is 38.9 Å². The van der Waals surface area contributed by atoms with E-state index in [0.29, 0.717) is 0 Å². The molecule has 110 valence electrons. The van der Waals surface area contributed by atoms with Crippen molar-refractivity contribution in [3.8, 4) is 0 Å². The summed E-state index contributed by atoms with van der Waals surface area (Å²) in [6.07, 6.45) is -10.1. The van der Waals surface area contributed by atoms with Crippen LogP contribution in [0.2, 0.25) is 0 Å². The summed E-state index contributed by atoms with van der Waals surface area (Å²) < 4.78 is 76.5. The Morgan fingerprint density at radius 3 is 2.11 bits per heavy atom.